The average molecular weight is 311 g/mol. The van der Waals surface area contributed by atoms with Crippen molar-refractivity contribution in [3.8, 4) is 5.75 Å². The number of fused-ring (bicyclic) bond motifs is 1. The van der Waals surface area contributed by atoms with Gasteiger partial charge in [0.25, 0.3) is 5.91 Å². The number of aryl methyl sites for hydroxylation is 2. The monoisotopic (exact) mass is 311 g/mol. The molecule has 1 aliphatic carbocycles. The van der Waals surface area contributed by atoms with Gasteiger partial charge in [-0.15, -0.1) is 0 Å². The molecule has 2 aromatic rings. The summed E-state index contributed by atoms with van der Waals surface area (Å²) in [6, 6.07) is 12.0. The number of carboxylic acid groups (broad SMARTS) is 1. The molecule has 0 radical (unpaired) electrons. The highest BCUT2D eigenvalue weighted by molar-refractivity contribution is 5.94. The van der Waals surface area contributed by atoms with E-state index in [-0.39, 0.29) is 18.1 Å². The van der Waals surface area contributed by atoms with Crippen LogP contribution in [0.4, 0.5) is 5.69 Å². The van der Waals surface area contributed by atoms with Gasteiger partial charge in [0.1, 0.15) is 5.75 Å². The van der Waals surface area contributed by atoms with E-state index in [0.29, 0.717) is 11.4 Å². The number of aromatic carboxylic acids is 1. The van der Waals surface area contributed by atoms with Crippen LogP contribution >= 0.6 is 0 Å². The number of ether oxygens (including phenoxy) is 1. The number of rotatable bonds is 5. The predicted octanol–water partition coefficient (Wildman–Crippen LogP) is 2.89. The minimum atomic E-state index is -1.03. The molecule has 0 fully saturated rings. The second-order valence-corrected chi connectivity index (χ2v) is 5.51. The Morgan fingerprint density at radius 1 is 1.09 bits per heavy atom. The minimum Gasteiger partial charge on any atom is -0.484 e. The molecule has 2 N–H and O–H groups in total. The zero-order chi connectivity index (χ0) is 16.2. The Bertz CT molecular complexity index is 754. The lowest BCUT2D eigenvalue weighted by Gasteiger charge is -2.09. The quantitative estimate of drug-likeness (QED) is 0.890. The van der Waals surface area contributed by atoms with Gasteiger partial charge in [-0.05, 0) is 60.7 Å². The Balaban J connectivity index is 1.57. The molecular weight excluding hydrogens is 294 g/mol. The summed E-state index contributed by atoms with van der Waals surface area (Å²) >= 11 is 0. The molecule has 0 spiro atoms. The van der Waals surface area contributed by atoms with Crippen molar-refractivity contribution < 1.29 is 19.4 Å². The molecule has 0 aliphatic heterocycles. The fourth-order valence-corrected chi connectivity index (χ4v) is 2.71. The number of carboxylic acids is 1. The fraction of sp³-hybridized carbons (Fsp3) is 0.222. The summed E-state index contributed by atoms with van der Waals surface area (Å²) in [5.74, 6) is -0.677. The fourth-order valence-electron chi connectivity index (χ4n) is 2.71. The molecular formula is C18H17NO4. The number of hydrogen-bond donors (Lipinski definition) is 2. The van der Waals surface area contributed by atoms with Gasteiger partial charge in [-0.2, -0.15) is 0 Å². The molecule has 1 aliphatic rings. The Kier molecular flexibility index (Phi) is 4.28. The van der Waals surface area contributed by atoms with Gasteiger partial charge in [0.05, 0.1) is 5.56 Å². The molecule has 5 heteroatoms. The third-order valence-electron chi connectivity index (χ3n) is 3.83. The van der Waals surface area contributed by atoms with Crippen LogP contribution in [0.5, 0.6) is 5.75 Å². The number of carbonyl (C=O) groups is 2. The summed E-state index contributed by atoms with van der Waals surface area (Å²) in [6.45, 7) is -0.115. The lowest BCUT2D eigenvalue weighted by molar-refractivity contribution is -0.118. The van der Waals surface area contributed by atoms with Crippen LogP contribution in [0.1, 0.15) is 27.9 Å². The van der Waals surface area contributed by atoms with Gasteiger partial charge in [0.2, 0.25) is 0 Å². The highest BCUT2D eigenvalue weighted by Gasteiger charge is 2.12. The third-order valence-corrected chi connectivity index (χ3v) is 3.83. The van der Waals surface area contributed by atoms with E-state index in [2.05, 4.69) is 5.32 Å². The van der Waals surface area contributed by atoms with Crippen molar-refractivity contribution in [3.63, 3.8) is 0 Å². The molecule has 2 aromatic carbocycles. The maximum atomic E-state index is 11.9. The molecule has 3 rings (SSSR count). The van der Waals surface area contributed by atoms with E-state index in [1.165, 1.54) is 29.7 Å². The number of anilines is 1. The van der Waals surface area contributed by atoms with Crippen molar-refractivity contribution in [1.29, 1.82) is 0 Å². The summed E-state index contributed by atoms with van der Waals surface area (Å²) in [5, 5.41) is 11.6. The van der Waals surface area contributed by atoms with Crippen LogP contribution in [-0.2, 0) is 17.6 Å². The van der Waals surface area contributed by atoms with Gasteiger partial charge in [-0.3, -0.25) is 4.79 Å². The Hall–Kier alpha value is -2.82. The van der Waals surface area contributed by atoms with Crippen molar-refractivity contribution in [3.05, 3.63) is 59.2 Å². The maximum Gasteiger partial charge on any atom is 0.335 e. The van der Waals surface area contributed by atoms with E-state index < -0.39 is 5.97 Å². The third kappa shape index (κ3) is 3.69. The molecule has 23 heavy (non-hydrogen) atoms. The number of nitrogens with one attached hydrogen (secondary N) is 1. The first kappa shape index (κ1) is 15.1. The lowest BCUT2D eigenvalue weighted by Crippen LogP contribution is -2.20. The second-order valence-electron chi connectivity index (χ2n) is 5.51. The molecule has 0 unspecified atom stereocenters. The first-order valence-electron chi connectivity index (χ1n) is 7.49. The molecule has 0 saturated heterocycles. The van der Waals surface area contributed by atoms with Crippen LogP contribution in [0, 0.1) is 0 Å². The van der Waals surface area contributed by atoms with Gasteiger partial charge < -0.3 is 15.2 Å². The van der Waals surface area contributed by atoms with E-state index in [1.54, 1.807) is 12.1 Å². The molecule has 118 valence electrons. The summed E-state index contributed by atoms with van der Waals surface area (Å²) < 4.78 is 5.51. The highest BCUT2D eigenvalue weighted by atomic mass is 16.5. The summed E-state index contributed by atoms with van der Waals surface area (Å²) in [6.07, 6.45) is 3.33. The van der Waals surface area contributed by atoms with Gasteiger partial charge in [0.15, 0.2) is 6.61 Å². The molecule has 0 heterocycles. The van der Waals surface area contributed by atoms with Crippen molar-refractivity contribution in [2.24, 2.45) is 0 Å². The van der Waals surface area contributed by atoms with Crippen LogP contribution in [0.15, 0.2) is 42.5 Å². The van der Waals surface area contributed by atoms with Crippen LogP contribution in [-0.4, -0.2) is 23.6 Å². The van der Waals surface area contributed by atoms with Crippen LogP contribution in [0.25, 0.3) is 0 Å². The normalized spacial score (nSPS) is 12.5. The van der Waals surface area contributed by atoms with Gasteiger partial charge in [0, 0.05) is 5.69 Å². The maximum absolute atomic E-state index is 11.9. The lowest BCUT2D eigenvalue weighted by atomic mass is 10.1. The molecule has 0 saturated carbocycles. The summed E-state index contributed by atoms with van der Waals surface area (Å²) in [7, 11) is 0. The smallest absolute Gasteiger partial charge is 0.335 e. The number of benzene rings is 2. The van der Waals surface area contributed by atoms with E-state index >= 15 is 0 Å². The number of carbonyl (C=O) groups excluding carboxylic acids is 1. The first-order chi connectivity index (χ1) is 11.1. The van der Waals surface area contributed by atoms with Crippen molar-refractivity contribution in [2.45, 2.75) is 19.3 Å². The molecule has 5 nitrogen and oxygen atoms in total. The molecule has 0 atom stereocenters. The van der Waals surface area contributed by atoms with Crippen molar-refractivity contribution in [2.75, 3.05) is 11.9 Å². The largest absolute Gasteiger partial charge is 0.484 e. The van der Waals surface area contributed by atoms with E-state index in [0.717, 1.165) is 12.8 Å². The number of hydrogen-bond acceptors (Lipinski definition) is 3. The zero-order valence-electron chi connectivity index (χ0n) is 12.5. The van der Waals surface area contributed by atoms with Crippen LogP contribution < -0.4 is 10.1 Å². The second kappa shape index (κ2) is 6.52. The van der Waals surface area contributed by atoms with Gasteiger partial charge in [-0.1, -0.05) is 12.1 Å². The van der Waals surface area contributed by atoms with Gasteiger partial charge >= 0.3 is 5.97 Å². The zero-order valence-corrected chi connectivity index (χ0v) is 12.5. The van der Waals surface area contributed by atoms with Crippen molar-refractivity contribution >= 4 is 17.6 Å². The minimum absolute atomic E-state index is 0.115. The van der Waals surface area contributed by atoms with E-state index in [4.69, 9.17) is 9.84 Å². The molecule has 0 aromatic heterocycles. The van der Waals surface area contributed by atoms with Gasteiger partial charge in [-0.25, -0.2) is 4.79 Å². The highest BCUT2D eigenvalue weighted by Crippen LogP contribution is 2.26. The summed E-state index contributed by atoms with van der Waals surface area (Å²) in [4.78, 5) is 22.8. The van der Waals surface area contributed by atoms with Crippen molar-refractivity contribution in [1.82, 2.24) is 0 Å². The number of amides is 1. The summed E-state index contributed by atoms with van der Waals surface area (Å²) in [5.41, 5.74) is 3.21. The molecule has 1 amide bonds. The Morgan fingerprint density at radius 3 is 2.74 bits per heavy atom. The average Bonchev–Trinajstić information content (AvgIpc) is 3.01. The SMILES string of the molecule is O=C(COc1ccc2c(c1)CCC2)Nc1cccc(C(=O)O)c1. The van der Waals surface area contributed by atoms with E-state index in [1.807, 2.05) is 18.2 Å². The standard InChI is InChI=1S/C18H17NO4/c20-17(19-15-6-2-5-14(9-15)18(21)22)11-23-16-8-7-12-3-1-4-13(12)10-16/h2,5-10H,1,3-4,11H2,(H,19,20)(H,21,22). The van der Waals surface area contributed by atoms with Crippen LogP contribution in [0.3, 0.4) is 0 Å². The Morgan fingerprint density at radius 2 is 1.91 bits per heavy atom. The first-order valence-corrected chi connectivity index (χ1v) is 7.49. The Labute approximate surface area is 133 Å². The predicted molar refractivity (Wildman–Crippen MR) is 86.0 cm³/mol. The van der Waals surface area contributed by atoms with E-state index in [9.17, 15) is 9.59 Å². The topological polar surface area (TPSA) is 75.6 Å². The molecule has 0 bridgehead atoms. The van der Waals surface area contributed by atoms with Crippen LogP contribution in [0.2, 0.25) is 0 Å².